The smallest absolute Gasteiger partial charge is 0.307 e. The van der Waals surface area contributed by atoms with Crippen LogP contribution < -0.4 is 14.9 Å². The summed E-state index contributed by atoms with van der Waals surface area (Å²) in [6, 6.07) is 20.5. The van der Waals surface area contributed by atoms with Crippen molar-refractivity contribution in [1.29, 1.82) is 0 Å². The lowest BCUT2D eigenvalue weighted by Gasteiger charge is -2.26. The first-order valence-corrected chi connectivity index (χ1v) is 14.2. The highest BCUT2D eigenvalue weighted by molar-refractivity contribution is 9.10. The van der Waals surface area contributed by atoms with Gasteiger partial charge in [-0.1, -0.05) is 0 Å². The second kappa shape index (κ2) is 13.5. The van der Waals surface area contributed by atoms with Gasteiger partial charge in [0, 0.05) is 30.2 Å². The molecule has 1 aliphatic heterocycles. The Kier molecular flexibility index (Phi) is 9.40. The van der Waals surface area contributed by atoms with E-state index in [0.717, 1.165) is 22.6 Å². The molecule has 42 heavy (non-hydrogen) atoms. The molecule has 0 spiro atoms. The molecule has 0 atom stereocenters. The normalized spacial score (nSPS) is 13.4. The van der Waals surface area contributed by atoms with E-state index in [1.165, 1.54) is 6.21 Å². The van der Waals surface area contributed by atoms with Crippen molar-refractivity contribution in [3.05, 3.63) is 99.7 Å². The Morgan fingerprint density at radius 2 is 1.71 bits per heavy atom. The molecule has 0 saturated carbocycles. The van der Waals surface area contributed by atoms with Gasteiger partial charge in [-0.3, -0.25) is 9.59 Å². The summed E-state index contributed by atoms with van der Waals surface area (Å²) >= 11 is 3.46. The minimum absolute atomic E-state index is 0.0572. The molecule has 4 aromatic rings. The number of ether oxygens (including phenoxy) is 3. The molecule has 0 aliphatic carbocycles. The lowest BCUT2D eigenvalue weighted by molar-refractivity contribution is -0.137. The molecule has 1 saturated heterocycles. The van der Waals surface area contributed by atoms with E-state index in [4.69, 9.17) is 18.6 Å². The molecule has 2 amide bonds. The van der Waals surface area contributed by atoms with Crippen LogP contribution in [-0.2, 0) is 16.1 Å². The van der Waals surface area contributed by atoms with E-state index in [-0.39, 0.29) is 24.9 Å². The third kappa shape index (κ3) is 7.29. The summed E-state index contributed by atoms with van der Waals surface area (Å²) in [5, 5.41) is 4.02. The van der Waals surface area contributed by atoms with Crippen molar-refractivity contribution in [2.24, 2.45) is 5.10 Å². The number of aromatic nitrogens is 1. The lowest BCUT2D eigenvalue weighted by Crippen LogP contribution is -2.43. The Labute approximate surface area is 252 Å². The fourth-order valence-electron chi connectivity index (χ4n) is 4.48. The summed E-state index contributed by atoms with van der Waals surface area (Å²) in [4.78, 5) is 26.5. The van der Waals surface area contributed by atoms with Crippen molar-refractivity contribution >= 4 is 34.0 Å². The maximum atomic E-state index is 12.5. The molecule has 1 aliphatic rings. The van der Waals surface area contributed by atoms with Crippen LogP contribution in [-0.4, -0.2) is 60.4 Å². The van der Waals surface area contributed by atoms with E-state index in [9.17, 15) is 9.59 Å². The van der Waals surface area contributed by atoms with Crippen molar-refractivity contribution in [2.45, 2.75) is 20.5 Å². The van der Waals surface area contributed by atoms with Crippen LogP contribution in [0.5, 0.6) is 11.5 Å². The number of carbonyl (C=O) groups excluding carboxylic acids is 2. The molecule has 1 fully saturated rings. The van der Waals surface area contributed by atoms with Crippen molar-refractivity contribution in [1.82, 2.24) is 14.9 Å². The number of hydrogen-bond acceptors (Lipinski definition) is 7. The summed E-state index contributed by atoms with van der Waals surface area (Å²) in [6.45, 7) is 6.48. The highest BCUT2D eigenvalue weighted by Crippen LogP contribution is 2.26. The Morgan fingerprint density at radius 1 is 0.976 bits per heavy atom. The van der Waals surface area contributed by atoms with Gasteiger partial charge in [0.2, 0.25) is 0 Å². The maximum Gasteiger partial charge on any atom is 0.307 e. The number of hydrogen-bond donors (Lipinski definition) is 1. The number of benzene rings is 2. The first-order chi connectivity index (χ1) is 20.4. The van der Waals surface area contributed by atoms with Gasteiger partial charge in [0.25, 0.3) is 5.91 Å². The van der Waals surface area contributed by atoms with Gasteiger partial charge in [-0.15, -0.1) is 0 Å². The number of nitrogens with one attached hydrogen (secondary N) is 1. The number of aryl methyl sites for hydroxylation is 2. The molecule has 10 nitrogen and oxygen atoms in total. The summed E-state index contributed by atoms with van der Waals surface area (Å²) in [5.41, 5.74) is 6.57. The number of morpholine rings is 1. The number of halogens is 1. The van der Waals surface area contributed by atoms with Crippen LogP contribution in [0.15, 0.2) is 80.7 Å². The maximum absolute atomic E-state index is 12.5. The third-order valence-electron chi connectivity index (χ3n) is 6.68. The van der Waals surface area contributed by atoms with Gasteiger partial charge in [-0.2, -0.15) is 5.10 Å². The largest absolute Gasteiger partial charge is 0.486 e. The quantitative estimate of drug-likeness (QED) is 0.194. The van der Waals surface area contributed by atoms with E-state index in [2.05, 4.69) is 57.0 Å². The Hall–Kier alpha value is -4.35. The van der Waals surface area contributed by atoms with Crippen molar-refractivity contribution < 1.29 is 28.2 Å². The van der Waals surface area contributed by atoms with Crippen LogP contribution >= 0.6 is 15.9 Å². The summed E-state index contributed by atoms with van der Waals surface area (Å²) in [5.74, 6) is 1.29. The Bertz CT molecular complexity index is 1550. The first kappa shape index (κ1) is 29.2. The highest BCUT2D eigenvalue weighted by atomic mass is 79.9. The van der Waals surface area contributed by atoms with Crippen LogP contribution in [0.1, 0.15) is 33.3 Å². The molecule has 0 unspecified atom stereocenters. The van der Waals surface area contributed by atoms with Gasteiger partial charge in [0.05, 0.1) is 23.9 Å². The summed E-state index contributed by atoms with van der Waals surface area (Å²) in [7, 11) is 0. The average molecular weight is 636 g/mol. The molecule has 0 radical (unpaired) electrons. The van der Waals surface area contributed by atoms with Crippen molar-refractivity contribution in [3.63, 3.8) is 0 Å². The van der Waals surface area contributed by atoms with Gasteiger partial charge < -0.3 is 28.1 Å². The van der Waals surface area contributed by atoms with E-state index in [0.29, 0.717) is 48.0 Å². The van der Waals surface area contributed by atoms with Crippen LogP contribution in [0.4, 0.5) is 0 Å². The molecule has 5 rings (SSSR count). The number of hydrazone groups is 1. The number of carbonyl (C=O) groups is 2. The predicted molar refractivity (Wildman–Crippen MR) is 160 cm³/mol. The van der Waals surface area contributed by atoms with Gasteiger partial charge in [0.1, 0.15) is 23.9 Å². The number of amides is 2. The molecule has 2 aromatic carbocycles. The summed E-state index contributed by atoms with van der Waals surface area (Å²) < 4.78 is 25.2. The average Bonchev–Trinajstić information content (AvgIpc) is 3.62. The van der Waals surface area contributed by atoms with E-state index in [1.54, 1.807) is 35.2 Å². The van der Waals surface area contributed by atoms with Gasteiger partial charge in [-0.05, 0) is 102 Å². The monoisotopic (exact) mass is 634 g/mol. The molecule has 0 bridgehead atoms. The van der Waals surface area contributed by atoms with Crippen LogP contribution in [0.25, 0.3) is 5.69 Å². The van der Waals surface area contributed by atoms with Crippen LogP contribution in [0, 0.1) is 13.8 Å². The predicted octanol–water partition coefficient (Wildman–Crippen LogP) is 5.03. The SMILES string of the molecule is Cc1ccc(C)n1-c1ccc(OCc2ccc(C(=O)N/N=C/c3ccc(OCC(=O)N4CCOCC4)c(Br)c3)o2)cc1. The third-order valence-corrected chi connectivity index (χ3v) is 7.30. The van der Waals surface area contributed by atoms with Crippen molar-refractivity contribution in [2.75, 3.05) is 32.9 Å². The molecule has 1 N–H and O–H groups in total. The van der Waals surface area contributed by atoms with Gasteiger partial charge in [-0.25, -0.2) is 5.43 Å². The van der Waals surface area contributed by atoms with E-state index < -0.39 is 5.91 Å². The molecule has 11 heteroatoms. The molecule has 218 valence electrons. The fourth-order valence-corrected chi connectivity index (χ4v) is 4.99. The number of rotatable bonds is 10. The first-order valence-electron chi connectivity index (χ1n) is 13.5. The van der Waals surface area contributed by atoms with E-state index >= 15 is 0 Å². The van der Waals surface area contributed by atoms with Crippen LogP contribution in [0.3, 0.4) is 0 Å². The molecule has 3 heterocycles. The highest BCUT2D eigenvalue weighted by Gasteiger charge is 2.18. The minimum Gasteiger partial charge on any atom is -0.486 e. The number of nitrogens with zero attached hydrogens (tertiary/aromatic N) is 3. The van der Waals surface area contributed by atoms with Gasteiger partial charge >= 0.3 is 5.91 Å². The molecule has 2 aromatic heterocycles. The van der Waals surface area contributed by atoms with Crippen LogP contribution in [0.2, 0.25) is 0 Å². The van der Waals surface area contributed by atoms with Gasteiger partial charge in [0.15, 0.2) is 12.4 Å². The Balaban J connectivity index is 1.08. The lowest BCUT2D eigenvalue weighted by atomic mass is 10.2. The zero-order valence-electron chi connectivity index (χ0n) is 23.3. The zero-order chi connectivity index (χ0) is 29.5. The van der Waals surface area contributed by atoms with Crippen molar-refractivity contribution in [3.8, 4) is 17.2 Å². The second-order valence-electron chi connectivity index (χ2n) is 9.67. The fraction of sp³-hybridized carbons (Fsp3) is 0.258. The number of furan rings is 1. The second-order valence-corrected chi connectivity index (χ2v) is 10.5. The minimum atomic E-state index is -0.486. The molecular formula is C31H31BrN4O6. The topological polar surface area (TPSA) is 108 Å². The molecular weight excluding hydrogens is 604 g/mol. The van der Waals surface area contributed by atoms with E-state index in [1.807, 2.05) is 24.3 Å². The summed E-state index contributed by atoms with van der Waals surface area (Å²) in [6.07, 6.45) is 1.50. The zero-order valence-corrected chi connectivity index (χ0v) is 24.9. The Morgan fingerprint density at radius 3 is 2.43 bits per heavy atom. The standard InChI is InChI=1S/C31H31BrN4O6/c1-21-3-4-22(2)36(21)24-6-8-25(9-7-24)40-19-26-10-12-29(42-26)31(38)34-33-18-23-5-11-28(27(32)17-23)41-20-30(37)35-13-15-39-16-14-35/h3-12,17-18H,13-16,19-20H2,1-2H3,(H,34,38)/b33-18+.